The molecule has 2 heterocycles. The van der Waals surface area contributed by atoms with Crippen LogP contribution in [-0.4, -0.2) is 27.8 Å². The largest absolute Gasteiger partial charge is 0.365 e. The number of aromatic nitrogens is 3. The molecule has 5 nitrogen and oxygen atoms in total. The number of hydrogen-bond donors (Lipinski definition) is 1. The van der Waals surface area contributed by atoms with Gasteiger partial charge in [-0.25, -0.2) is 23.1 Å². The predicted octanol–water partition coefficient (Wildman–Crippen LogP) is 4.66. The van der Waals surface area contributed by atoms with E-state index in [4.69, 9.17) is 0 Å². The van der Waals surface area contributed by atoms with Crippen LogP contribution >= 0.6 is 7.14 Å². The lowest BCUT2D eigenvalue weighted by Crippen LogP contribution is -2.12. The molecular formula is C19H20F3N4OP. The number of nitrogens with zero attached hydrogens (tertiary/aromatic N) is 3. The van der Waals surface area contributed by atoms with Crippen LogP contribution in [0.25, 0.3) is 10.9 Å². The standard InChI is InChI=1S/C19H20F3N4OP/c1-4-28(3,27)16-8-14-15(10-23-16)25-11(2)26-19(14)24-9-12-6-5-7-13(17(12)20)18(21)22/h5-8,10,18H,4,9H2,1-3H3,(H,24,25,26). The molecule has 0 amide bonds. The summed E-state index contributed by atoms with van der Waals surface area (Å²) in [5.41, 5.74) is 0.483. The Morgan fingerprint density at radius 2 is 2.00 bits per heavy atom. The fourth-order valence-electron chi connectivity index (χ4n) is 2.78. The van der Waals surface area contributed by atoms with Crippen molar-refractivity contribution < 1.29 is 17.7 Å². The number of halogens is 3. The van der Waals surface area contributed by atoms with Crippen LogP contribution in [0.4, 0.5) is 19.0 Å². The second kappa shape index (κ2) is 7.87. The minimum absolute atomic E-state index is 0.0346. The second-order valence-electron chi connectivity index (χ2n) is 6.57. The molecule has 1 atom stereocenters. The number of alkyl halides is 2. The average Bonchev–Trinajstić information content (AvgIpc) is 2.66. The van der Waals surface area contributed by atoms with Crippen molar-refractivity contribution in [3.63, 3.8) is 0 Å². The van der Waals surface area contributed by atoms with Crippen LogP contribution < -0.4 is 10.8 Å². The van der Waals surface area contributed by atoms with Crippen molar-refractivity contribution in [2.24, 2.45) is 0 Å². The summed E-state index contributed by atoms with van der Waals surface area (Å²) >= 11 is 0. The fraction of sp³-hybridized carbons (Fsp3) is 0.316. The summed E-state index contributed by atoms with van der Waals surface area (Å²) in [6.07, 6.45) is -0.885. The van der Waals surface area contributed by atoms with Gasteiger partial charge in [-0.05, 0) is 19.7 Å². The van der Waals surface area contributed by atoms with Gasteiger partial charge in [0.1, 0.15) is 30.0 Å². The fourth-order valence-corrected chi connectivity index (χ4v) is 3.80. The molecule has 0 saturated heterocycles. The highest BCUT2D eigenvalue weighted by Crippen LogP contribution is 2.39. The number of pyridine rings is 1. The van der Waals surface area contributed by atoms with E-state index in [-0.39, 0.29) is 12.1 Å². The van der Waals surface area contributed by atoms with Gasteiger partial charge in [-0.2, -0.15) is 0 Å². The van der Waals surface area contributed by atoms with E-state index in [1.807, 2.05) is 6.92 Å². The van der Waals surface area contributed by atoms with Gasteiger partial charge in [0.25, 0.3) is 6.43 Å². The van der Waals surface area contributed by atoms with Crippen molar-refractivity contribution in [3.8, 4) is 0 Å². The Morgan fingerprint density at radius 3 is 2.68 bits per heavy atom. The molecular weight excluding hydrogens is 388 g/mol. The lowest BCUT2D eigenvalue weighted by Gasteiger charge is -2.14. The normalized spacial score (nSPS) is 13.7. The van der Waals surface area contributed by atoms with E-state index in [0.29, 0.717) is 34.1 Å². The summed E-state index contributed by atoms with van der Waals surface area (Å²) in [5, 5.41) is 3.59. The van der Waals surface area contributed by atoms with Crippen LogP contribution in [0.15, 0.2) is 30.5 Å². The molecule has 28 heavy (non-hydrogen) atoms. The molecule has 1 N–H and O–H groups in total. The number of benzene rings is 1. The molecule has 1 unspecified atom stereocenters. The third-order valence-electron chi connectivity index (χ3n) is 4.56. The molecule has 0 aliphatic carbocycles. The Morgan fingerprint density at radius 1 is 1.25 bits per heavy atom. The topological polar surface area (TPSA) is 67.8 Å². The lowest BCUT2D eigenvalue weighted by atomic mass is 10.1. The predicted molar refractivity (Wildman–Crippen MR) is 104 cm³/mol. The summed E-state index contributed by atoms with van der Waals surface area (Å²) in [7, 11) is -2.60. The molecule has 0 fully saturated rings. The van der Waals surface area contributed by atoms with Crippen molar-refractivity contribution in [1.29, 1.82) is 0 Å². The van der Waals surface area contributed by atoms with E-state index in [0.717, 1.165) is 6.07 Å². The van der Waals surface area contributed by atoms with Crippen LogP contribution in [0.1, 0.15) is 30.3 Å². The van der Waals surface area contributed by atoms with Gasteiger partial charge in [-0.15, -0.1) is 0 Å². The number of anilines is 1. The van der Waals surface area contributed by atoms with E-state index in [1.54, 1.807) is 19.7 Å². The smallest absolute Gasteiger partial charge is 0.266 e. The van der Waals surface area contributed by atoms with Gasteiger partial charge in [0, 0.05) is 23.7 Å². The average molecular weight is 408 g/mol. The van der Waals surface area contributed by atoms with E-state index in [1.165, 1.54) is 18.3 Å². The van der Waals surface area contributed by atoms with E-state index in [9.17, 15) is 17.7 Å². The molecule has 148 valence electrons. The van der Waals surface area contributed by atoms with Gasteiger partial charge < -0.3 is 9.88 Å². The molecule has 0 radical (unpaired) electrons. The van der Waals surface area contributed by atoms with Gasteiger partial charge in [0.2, 0.25) is 0 Å². The van der Waals surface area contributed by atoms with Crippen LogP contribution in [-0.2, 0) is 11.1 Å². The summed E-state index contributed by atoms with van der Waals surface area (Å²) in [4.78, 5) is 12.9. The van der Waals surface area contributed by atoms with Crippen molar-refractivity contribution >= 4 is 29.3 Å². The number of nitrogens with one attached hydrogen (secondary N) is 1. The van der Waals surface area contributed by atoms with E-state index < -0.39 is 24.9 Å². The number of rotatable bonds is 6. The van der Waals surface area contributed by atoms with Crippen LogP contribution in [0.3, 0.4) is 0 Å². The first-order valence-electron chi connectivity index (χ1n) is 8.73. The third-order valence-corrected chi connectivity index (χ3v) is 6.98. The Bertz CT molecular complexity index is 1070. The van der Waals surface area contributed by atoms with Crippen molar-refractivity contribution in [1.82, 2.24) is 15.0 Å². The molecule has 0 spiro atoms. The zero-order chi connectivity index (χ0) is 20.5. The van der Waals surface area contributed by atoms with E-state index in [2.05, 4.69) is 20.3 Å². The SMILES string of the molecule is CCP(C)(=O)c1cc2c(NCc3cccc(C(F)F)c3F)nc(C)nc2cn1. The van der Waals surface area contributed by atoms with Gasteiger partial charge in [0.15, 0.2) is 0 Å². The minimum atomic E-state index is -2.89. The molecule has 2 aromatic heterocycles. The van der Waals surface area contributed by atoms with Crippen molar-refractivity contribution in [3.05, 3.63) is 53.2 Å². The highest BCUT2D eigenvalue weighted by Gasteiger charge is 2.20. The maximum absolute atomic E-state index is 14.3. The lowest BCUT2D eigenvalue weighted by molar-refractivity contribution is 0.146. The summed E-state index contributed by atoms with van der Waals surface area (Å²) < 4.78 is 52.8. The molecule has 1 aromatic carbocycles. The molecule has 0 saturated carbocycles. The maximum Gasteiger partial charge on any atom is 0.266 e. The monoisotopic (exact) mass is 408 g/mol. The first kappa shape index (κ1) is 20.3. The highest BCUT2D eigenvalue weighted by atomic mass is 31.2. The van der Waals surface area contributed by atoms with Gasteiger partial charge in [0.05, 0.1) is 17.3 Å². The first-order chi connectivity index (χ1) is 13.2. The Labute approximate surface area is 160 Å². The number of hydrogen-bond acceptors (Lipinski definition) is 5. The molecule has 9 heteroatoms. The molecule has 3 rings (SSSR count). The first-order valence-corrected chi connectivity index (χ1v) is 11.1. The highest BCUT2D eigenvalue weighted by molar-refractivity contribution is 7.70. The summed E-state index contributed by atoms with van der Waals surface area (Å²) in [5.74, 6) is -0.0582. The minimum Gasteiger partial charge on any atom is -0.365 e. The Kier molecular flexibility index (Phi) is 5.70. The van der Waals surface area contributed by atoms with Gasteiger partial charge in [-0.3, -0.25) is 4.98 Å². The van der Waals surface area contributed by atoms with Crippen LogP contribution in [0.2, 0.25) is 0 Å². The number of aryl methyl sites for hydroxylation is 1. The zero-order valence-corrected chi connectivity index (χ0v) is 16.6. The summed E-state index contributed by atoms with van der Waals surface area (Å²) in [6, 6.07) is 5.57. The summed E-state index contributed by atoms with van der Waals surface area (Å²) in [6.45, 7) is 5.16. The van der Waals surface area contributed by atoms with E-state index >= 15 is 0 Å². The van der Waals surface area contributed by atoms with Crippen molar-refractivity contribution in [2.75, 3.05) is 18.1 Å². The maximum atomic E-state index is 14.3. The van der Waals surface area contributed by atoms with Gasteiger partial charge in [-0.1, -0.05) is 25.1 Å². The zero-order valence-electron chi connectivity index (χ0n) is 15.7. The Hall–Kier alpha value is -2.47. The van der Waals surface area contributed by atoms with Crippen LogP contribution in [0, 0.1) is 12.7 Å². The third kappa shape index (κ3) is 4.02. The number of fused-ring (bicyclic) bond motifs is 1. The molecule has 0 aliphatic heterocycles. The van der Waals surface area contributed by atoms with Crippen LogP contribution in [0.5, 0.6) is 0 Å². The van der Waals surface area contributed by atoms with Gasteiger partial charge >= 0.3 is 0 Å². The van der Waals surface area contributed by atoms with Crippen molar-refractivity contribution in [2.45, 2.75) is 26.8 Å². The molecule has 3 aromatic rings. The Balaban J connectivity index is 2.00. The quantitative estimate of drug-likeness (QED) is 0.601. The molecule has 0 bridgehead atoms. The second-order valence-corrected chi connectivity index (χ2v) is 9.86. The molecule has 0 aliphatic rings.